The van der Waals surface area contributed by atoms with Crippen LogP contribution in [0.25, 0.3) is 0 Å². The second-order valence-electron chi connectivity index (χ2n) is 4.91. The molecule has 1 aromatic rings. The minimum Gasteiger partial charge on any atom is -0.494 e. The smallest absolute Gasteiger partial charge is 0.322 e. The average molecular weight is 317 g/mol. The molecule has 2 rings (SSSR count). The third kappa shape index (κ3) is 2.73. The molecule has 21 heavy (non-hydrogen) atoms. The van der Waals surface area contributed by atoms with Crippen LogP contribution in [0.15, 0.2) is 23.1 Å². The summed E-state index contributed by atoms with van der Waals surface area (Å²) in [5.41, 5.74) is 0. The van der Waals surface area contributed by atoms with E-state index in [0.717, 1.165) is 10.4 Å². The first-order valence-electron chi connectivity index (χ1n) is 6.39. The highest BCUT2D eigenvalue weighted by atomic mass is 32.2. The molecular weight excluding hydrogens is 301 g/mol. The Morgan fingerprint density at radius 1 is 1.43 bits per heavy atom. The third-order valence-corrected chi connectivity index (χ3v) is 5.60. The highest BCUT2D eigenvalue weighted by molar-refractivity contribution is 7.89. The molecule has 1 aliphatic rings. The van der Waals surface area contributed by atoms with Crippen molar-refractivity contribution in [3.63, 3.8) is 0 Å². The van der Waals surface area contributed by atoms with Gasteiger partial charge in [0.05, 0.1) is 12.0 Å². The van der Waals surface area contributed by atoms with Gasteiger partial charge >= 0.3 is 5.97 Å². The number of nitrogens with zero attached hydrogens (tertiary/aromatic N) is 1. The molecule has 0 unspecified atom stereocenters. The van der Waals surface area contributed by atoms with Crippen LogP contribution < -0.4 is 4.74 Å². The molecule has 0 aliphatic carbocycles. The number of carbonyl (C=O) groups is 1. The van der Waals surface area contributed by atoms with Gasteiger partial charge in [-0.3, -0.25) is 4.79 Å². The monoisotopic (exact) mass is 317 g/mol. The third-order valence-electron chi connectivity index (χ3n) is 3.58. The zero-order valence-electron chi connectivity index (χ0n) is 11.6. The number of benzene rings is 1. The van der Waals surface area contributed by atoms with Crippen molar-refractivity contribution in [2.24, 2.45) is 0 Å². The number of aliphatic carboxylic acids is 1. The number of hydrogen-bond acceptors (Lipinski definition) is 4. The summed E-state index contributed by atoms with van der Waals surface area (Å²) in [5.74, 6) is -2.08. The number of carboxylic acid groups (broad SMARTS) is 1. The minimum absolute atomic E-state index is 0.0711. The Morgan fingerprint density at radius 2 is 2.10 bits per heavy atom. The van der Waals surface area contributed by atoms with Crippen molar-refractivity contribution in [2.45, 2.75) is 36.7 Å². The zero-order valence-corrected chi connectivity index (χ0v) is 12.4. The highest BCUT2D eigenvalue weighted by Crippen LogP contribution is 2.32. The fourth-order valence-corrected chi connectivity index (χ4v) is 4.37. The van der Waals surface area contributed by atoms with Gasteiger partial charge in [0.1, 0.15) is 6.04 Å². The summed E-state index contributed by atoms with van der Waals surface area (Å²) in [4.78, 5) is 10.9. The van der Waals surface area contributed by atoms with Gasteiger partial charge in [-0.25, -0.2) is 12.8 Å². The topological polar surface area (TPSA) is 83.9 Å². The van der Waals surface area contributed by atoms with Crippen LogP contribution in [0.4, 0.5) is 4.39 Å². The van der Waals surface area contributed by atoms with Gasteiger partial charge in [0, 0.05) is 6.04 Å². The summed E-state index contributed by atoms with van der Waals surface area (Å²) in [6.07, 6.45) is 0.698. The van der Waals surface area contributed by atoms with E-state index in [-0.39, 0.29) is 17.1 Å². The second kappa shape index (κ2) is 5.61. The van der Waals surface area contributed by atoms with Crippen LogP contribution in [0.5, 0.6) is 5.75 Å². The zero-order chi connectivity index (χ0) is 15.8. The summed E-state index contributed by atoms with van der Waals surface area (Å²) in [5, 5.41) is 9.15. The first-order valence-corrected chi connectivity index (χ1v) is 7.83. The van der Waals surface area contributed by atoms with Crippen molar-refractivity contribution >= 4 is 16.0 Å². The SMILES string of the molecule is COc1ccc(S(=O)(=O)N2[C@@H](C)CC[C@H]2C(=O)O)cc1F. The Kier molecular flexibility index (Phi) is 4.20. The quantitative estimate of drug-likeness (QED) is 0.909. The molecule has 1 aromatic carbocycles. The molecule has 116 valence electrons. The van der Waals surface area contributed by atoms with Crippen molar-refractivity contribution in [1.29, 1.82) is 0 Å². The first kappa shape index (κ1) is 15.7. The Bertz CT molecular complexity index is 661. The molecule has 0 aromatic heterocycles. The van der Waals surface area contributed by atoms with Crippen LogP contribution >= 0.6 is 0 Å². The lowest BCUT2D eigenvalue weighted by atomic mass is 10.2. The molecule has 0 spiro atoms. The highest BCUT2D eigenvalue weighted by Gasteiger charge is 2.43. The molecule has 6 nitrogen and oxygen atoms in total. The number of halogens is 1. The maximum Gasteiger partial charge on any atom is 0.322 e. The molecule has 0 saturated carbocycles. The van der Waals surface area contributed by atoms with Crippen LogP contribution in [0.2, 0.25) is 0 Å². The summed E-state index contributed by atoms with van der Waals surface area (Å²) < 4.78 is 44.5. The van der Waals surface area contributed by atoms with Crippen LogP contribution in [-0.2, 0) is 14.8 Å². The van der Waals surface area contributed by atoms with Crippen LogP contribution in [-0.4, -0.2) is 43.0 Å². The fraction of sp³-hybridized carbons (Fsp3) is 0.462. The summed E-state index contributed by atoms with van der Waals surface area (Å²) in [6.45, 7) is 1.64. The minimum atomic E-state index is -4.07. The molecule has 1 aliphatic heterocycles. The summed E-state index contributed by atoms with van der Waals surface area (Å²) >= 11 is 0. The molecule has 1 saturated heterocycles. The van der Waals surface area contributed by atoms with Gasteiger partial charge in [0.2, 0.25) is 10.0 Å². The van der Waals surface area contributed by atoms with Gasteiger partial charge < -0.3 is 9.84 Å². The van der Waals surface area contributed by atoms with Crippen LogP contribution in [0, 0.1) is 5.82 Å². The van der Waals surface area contributed by atoms with E-state index in [1.165, 1.54) is 19.2 Å². The first-order chi connectivity index (χ1) is 9.78. The number of rotatable bonds is 4. The van der Waals surface area contributed by atoms with E-state index in [1.807, 2.05) is 0 Å². The summed E-state index contributed by atoms with van der Waals surface area (Å²) in [7, 11) is -2.80. The molecule has 0 radical (unpaired) electrons. The predicted octanol–water partition coefficient (Wildman–Crippen LogP) is 1.46. The maximum absolute atomic E-state index is 13.7. The number of sulfonamides is 1. The molecule has 0 bridgehead atoms. The van der Waals surface area contributed by atoms with Gasteiger partial charge in [-0.05, 0) is 38.0 Å². The number of carboxylic acids is 1. The van der Waals surface area contributed by atoms with Crippen molar-refractivity contribution in [3.05, 3.63) is 24.0 Å². The largest absolute Gasteiger partial charge is 0.494 e. The molecule has 2 atom stereocenters. The second-order valence-corrected chi connectivity index (χ2v) is 6.75. The Hall–Kier alpha value is -1.67. The van der Waals surface area contributed by atoms with E-state index in [2.05, 4.69) is 0 Å². The van der Waals surface area contributed by atoms with E-state index in [0.29, 0.717) is 6.42 Å². The standard InChI is InChI=1S/C13H16FNO5S/c1-8-3-5-11(13(16)17)15(8)21(18,19)9-4-6-12(20-2)10(14)7-9/h4,6-8,11H,3,5H2,1-2H3,(H,16,17)/t8-,11-/m0/s1. The number of ether oxygens (including phenoxy) is 1. The van der Waals surface area contributed by atoms with Gasteiger partial charge in [0.15, 0.2) is 11.6 Å². The molecule has 1 N–H and O–H groups in total. The molecule has 1 heterocycles. The predicted molar refractivity (Wildman–Crippen MR) is 72.1 cm³/mol. The summed E-state index contributed by atoms with van der Waals surface area (Å²) in [6, 6.07) is 1.70. The van der Waals surface area contributed by atoms with Gasteiger partial charge in [-0.2, -0.15) is 4.31 Å². The van der Waals surface area contributed by atoms with E-state index in [9.17, 15) is 17.6 Å². The number of hydrogen-bond donors (Lipinski definition) is 1. The molecular formula is C13H16FNO5S. The van der Waals surface area contributed by atoms with E-state index in [1.54, 1.807) is 6.92 Å². The van der Waals surface area contributed by atoms with Gasteiger partial charge in [-0.1, -0.05) is 0 Å². The van der Waals surface area contributed by atoms with E-state index >= 15 is 0 Å². The average Bonchev–Trinajstić information content (AvgIpc) is 2.81. The van der Waals surface area contributed by atoms with E-state index in [4.69, 9.17) is 9.84 Å². The maximum atomic E-state index is 13.7. The van der Waals surface area contributed by atoms with Crippen LogP contribution in [0.1, 0.15) is 19.8 Å². The van der Waals surface area contributed by atoms with Gasteiger partial charge in [-0.15, -0.1) is 0 Å². The van der Waals surface area contributed by atoms with Gasteiger partial charge in [0.25, 0.3) is 0 Å². The Morgan fingerprint density at radius 3 is 2.62 bits per heavy atom. The van der Waals surface area contributed by atoms with Crippen molar-refractivity contribution in [2.75, 3.05) is 7.11 Å². The Labute approximate surface area is 122 Å². The van der Waals surface area contributed by atoms with Crippen molar-refractivity contribution in [1.82, 2.24) is 4.31 Å². The molecule has 0 amide bonds. The lowest BCUT2D eigenvalue weighted by Gasteiger charge is -2.25. The lowest BCUT2D eigenvalue weighted by Crippen LogP contribution is -2.43. The molecule has 8 heteroatoms. The lowest BCUT2D eigenvalue weighted by molar-refractivity contribution is -0.140. The van der Waals surface area contributed by atoms with Crippen molar-refractivity contribution < 1.29 is 27.4 Å². The van der Waals surface area contributed by atoms with E-state index < -0.39 is 33.9 Å². The fourth-order valence-electron chi connectivity index (χ4n) is 2.53. The van der Waals surface area contributed by atoms with Crippen LogP contribution in [0.3, 0.4) is 0 Å². The van der Waals surface area contributed by atoms with Crippen molar-refractivity contribution in [3.8, 4) is 5.75 Å². The normalized spacial score (nSPS) is 23.2. The molecule has 1 fully saturated rings. The number of methoxy groups -OCH3 is 1. The Balaban J connectivity index is 2.46.